The van der Waals surface area contributed by atoms with Crippen LogP contribution >= 0.6 is 22.7 Å². The van der Waals surface area contributed by atoms with Crippen molar-refractivity contribution < 1.29 is 13.2 Å². The van der Waals surface area contributed by atoms with E-state index in [1.54, 1.807) is 35.6 Å². The largest absolute Gasteiger partial charge is 0.301 e. The number of carbonyl (C=O) groups excluding carboxylic acids is 1. The van der Waals surface area contributed by atoms with E-state index < -0.39 is 21.5 Å². The molecule has 1 N–H and O–H groups in total. The highest BCUT2D eigenvalue weighted by Crippen LogP contribution is 2.35. The molecule has 0 aliphatic rings. The molecule has 4 rings (SSSR count). The molecule has 9 heteroatoms. The first kappa shape index (κ1) is 18.0. The fraction of sp³-hybridized carbons (Fsp3) is 0.167. The van der Waals surface area contributed by atoms with Gasteiger partial charge in [-0.05, 0) is 24.6 Å². The van der Waals surface area contributed by atoms with Crippen molar-refractivity contribution in [3.05, 3.63) is 53.0 Å². The summed E-state index contributed by atoms with van der Waals surface area (Å²) in [7, 11) is -3.56. The molecule has 0 saturated heterocycles. The number of nitrogens with one attached hydrogen (secondary N) is 1. The molecular formula is C18H15N3O3S3. The third-order valence-electron chi connectivity index (χ3n) is 3.85. The number of aromatic nitrogens is 2. The molecule has 0 aliphatic heterocycles. The van der Waals surface area contributed by atoms with Crippen LogP contribution in [0.3, 0.4) is 0 Å². The summed E-state index contributed by atoms with van der Waals surface area (Å²) in [6.45, 7) is 1.94. The number of nitrogens with zero attached hydrogens (tertiary/aromatic N) is 2. The van der Waals surface area contributed by atoms with Crippen LogP contribution in [0.15, 0.2) is 42.5 Å². The fourth-order valence-electron chi connectivity index (χ4n) is 2.77. The van der Waals surface area contributed by atoms with Crippen molar-refractivity contribution in [3.63, 3.8) is 0 Å². The summed E-state index contributed by atoms with van der Waals surface area (Å²) in [6.07, 6.45) is 0. The van der Waals surface area contributed by atoms with Gasteiger partial charge in [0.2, 0.25) is 5.91 Å². The number of benzene rings is 2. The first-order valence-electron chi connectivity index (χ1n) is 8.10. The Morgan fingerprint density at radius 1 is 1.00 bits per heavy atom. The quantitative estimate of drug-likeness (QED) is 0.534. The number of hydrogen-bond donors (Lipinski definition) is 1. The maximum Gasteiger partial charge on any atom is 0.241 e. The number of rotatable bonds is 5. The summed E-state index contributed by atoms with van der Waals surface area (Å²) in [5.74, 6) is -1.32. The Morgan fingerprint density at radius 2 is 1.67 bits per heavy atom. The Hall–Kier alpha value is -2.36. The van der Waals surface area contributed by atoms with Gasteiger partial charge < -0.3 is 5.32 Å². The molecule has 0 bridgehead atoms. The minimum absolute atomic E-state index is 0.165. The highest BCUT2D eigenvalue weighted by molar-refractivity contribution is 7.91. The Morgan fingerprint density at radius 3 is 2.41 bits per heavy atom. The van der Waals surface area contributed by atoms with Crippen LogP contribution < -0.4 is 5.32 Å². The molecule has 0 aliphatic carbocycles. The molecule has 0 unspecified atom stereocenters. The number of hydrogen-bond acceptors (Lipinski definition) is 7. The van der Waals surface area contributed by atoms with Crippen molar-refractivity contribution in [1.29, 1.82) is 0 Å². The predicted octanol–water partition coefficient (Wildman–Crippen LogP) is 3.77. The number of amides is 1. The van der Waals surface area contributed by atoms with E-state index in [1.807, 2.05) is 25.1 Å². The van der Waals surface area contributed by atoms with Gasteiger partial charge in [0, 0.05) is 0 Å². The van der Waals surface area contributed by atoms with E-state index in [4.69, 9.17) is 0 Å². The average molecular weight is 418 g/mol. The topological polar surface area (TPSA) is 89.0 Å². The van der Waals surface area contributed by atoms with Gasteiger partial charge in [0.25, 0.3) is 0 Å². The number of sulfone groups is 1. The molecule has 0 fully saturated rings. The van der Waals surface area contributed by atoms with Crippen LogP contribution in [0.5, 0.6) is 0 Å². The predicted molar refractivity (Wildman–Crippen MR) is 110 cm³/mol. The van der Waals surface area contributed by atoms with E-state index in [2.05, 4.69) is 15.3 Å². The summed E-state index contributed by atoms with van der Waals surface area (Å²) < 4.78 is 26.5. The van der Waals surface area contributed by atoms with Gasteiger partial charge in [0.1, 0.15) is 5.75 Å². The average Bonchev–Trinajstić information content (AvgIpc) is 3.16. The van der Waals surface area contributed by atoms with Gasteiger partial charge in [0.15, 0.2) is 15.0 Å². The minimum atomic E-state index is -3.56. The van der Waals surface area contributed by atoms with E-state index in [9.17, 15) is 13.2 Å². The monoisotopic (exact) mass is 417 g/mol. The molecule has 6 nitrogen and oxygen atoms in total. The molecule has 2 heterocycles. The van der Waals surface area contributed by atoms with Gasteiger partial charge >= 0.3 is 0 Å². The van der Waals surface area contributed by atoms with Crippen molar-refractivity contribution in [1.82, 2.24) is 9.97 Å². The van der Waals surface area contributed by atoms with Crippen molar-refractivity contribution in [2.75, 3.05) is 11.1 Å². The second-order valence-electron chi connectivity index (χ2n) is 6.08. The van der Waals surface area contributed by atoms with Crippen LogP contribution in [0, 0.1) is 6.92 Å². The first-order valence-corrected chi connectivity index (χ1v) is 11.6. The van der Waals surface area contributed by atoms with Gasteiger partial charge in [-0.1, -0.05) is 41.7 Å². The van der Waals surface area contributed by atoms with Crippen molar-refractivity contribution >= 4 is 64.0 Å². The van der Waals surface area contributed by atoms with E-state index in [-0.39, 0.29) is 5.75 Å². The highest BCUT2D eigenvalue weighted by atomic mass is 32.2. The standard InChI is InChI=1S/C18H15N3O3S3/c1-11-19-13-7-8-14-17(16(13)25-11)26-18(20-14)21-15(22)10-27(23,24)9-12-5-3-2-4-6-12/h2-8H,9-10H2,1H3,(H,20,21,22). The maximum absolute atomic E-state index is 12.3. The van der Waals surface area contributed by atoms with Crippen molar-refractivity contribution in [2.24, 2.45) is 0 Å². The number of fused-ring (bicyclic) bond motifs is 3. The molecular weight excluding hydrogens is 402 g/mol. The van der Waals surface area contributed by atoms with Crippen LogP contribution in [0.1, 0.15) is 10.6 Å². The van der Waals surface area contributed by atoms with Gasteiger partial charge in [-0.25, -0.2) is 18.4 Å². The Labute approximate surface area is 163 Å². The summed E-state index contributed by atoms with van der Waals surface area (Å²) in [5.41, 5.74) is 2.32. The minimum Gasteiger partial charge on any atom is -0.301 e. The number of anilines is 1. The zero-order chi connectivity index (χ0) is 19.0. The Balaban J connectivity index is 1.51. The SMILES string of the molecule is Cc1nc2ccc3nc(NC(=O)CS(=O)(=O)Cc4ccccc4)sc3c2s1. The summed E-state index contributed by atoms with van der Waals surface area (Å²) in [5, 5.41) is 3.97. The lowest BCUT2D eigenvalue weighted by atomic mass is 10.2. The second-order valence-corrected chi connectivity index (χ2v) is 10.3. The van der Waals surface area contributed by atoms with E-state index in [0.717, 1.165) is 25.4 Å². The first-order chi connectivity index (χ1) is 12.9. The Bertz CT molecular complexity index is 1240. The number of carbonyl (C=O) groups is 1. The lowest BCUT2D eigenvalue weighted by molar-refractivity contribution is -0.113. The van der Waals surface area contributed by atoms with Crippen LogP contribution in [0.25, 0.3) is 20.4 Å². The molecule has 2 aromatic heterocycles. The zero-order valence-corrected chi connectivity index (χ0v) is 16.7. The van der Waals surface area contributed by atoms with Gasteiger partial charge in [-0.15, -0.1) is 11.3 Å². The van der Waals surface area contributed by atoms with E-state index >= 15 is 0 Å². The maximum atomic E-state index is 12.3. The molecule has 0 radical (unpaired) electrons. The summed E-state index contributed by atoms with van der Waals surface area (Å²) >= 11 is 2.91. The molecule has 138 valence electrons. The van der Waals surface area contributed by atoms with Gasteiger partial charge in [-0.2, -0.15) is 0 Å². The Kier molecular flexibility index (Phi) is 4.67. The van der Waals surface area contributed by atoms with Crippen LogP contribution in [0.4, 0.5) is 5.13 Å². The molecule has 1 amide bonds. The third kappa shape index (κ3) is 4.00. The molecule has 27 heavy (non-hydrogen) atoms. The van der Waals surface area contributed by atoms with E-state index in [1.165, 1.54) is 11.3 Å². The molecule has 2 aromatic carbocycles. The molecule has 0 atom stereocenters. The molecule has 0 saturated carbocycles. The molecule has 4 aromatic rings. The number of thiazole rings is 2. The zero-order valence-electron chi connectivity index (χ0n) is 14.3. The van der Waals surface area contributed by atoms with Crippen LogP contribution in [-0.2, 0) is 20.4 Å². The van der Waals surface area contributed by atoms with Gasteiger partial charge in [0.05, 0.1) is 31.2 Å². The lowest BCUT2D eigenvalue weighted by Gasteiger charge is -2.04. The van der Waals surface area contributed by atoms with Crippen molar-refractivity contribution in [2.45, 2.75) is 12.7 Å². The summed E-state index contributed by atoms with van der Waals surface area (Å²) in [4.78, 5) is 21.1. The van der Waals surface area contributed by atoms with Crippen molar-refractivity contribution in [3.8, 4) is 0 Å². The highest BCUT2D eigenvalue weighted by Gasteiger charge is 2.19. The second kappa shape index (κ2) is 6.99. The number of aryl methyl sites for hydroxylation is 1. The van der Waals surface area contributed by atoms with Crippen LogP contribution in [-0.4, -0.2) is 30.0 Å². The smallest absolute Gasteiger partial charge is 0.241 e. The third-order valence-corrected chi connectivity index (χ3v) is 7.46. The van der Waals surface area contributed by atoms with E-state index in [0.29, 0.717) is 10.7 Å². The fourth-order valence-corrected chi connectivity index (χ4v) is 6.07. The lowest BCUT2D eigenvalue weighted by Crippen LogP contribution is -2.23. The van der Waals surface area contributed by atoms with Crippen LogP contribution in [0.2, 0.25) is 0 Å². The van der Waals surface area contributed by atoms with Gasteiger partial charge in [-0.3, -0.25) is 4.79 Å². The normalized spacial score (nSPS) is 11.9. The summed E-state index contributed by atoms with van der Waals surface area (Å²) in [6, 6.07) is 12.6. The molecule has 0 spiro atoms.